The van der Waals surface area contributed by atoms with E-state index in [1.54, 1.807) is 6.92 Å². The number of aryl methyl sites for hydroxylation is 2. The number of aromatic nitrogens is 1. The summed E-state index contributed by atoms with van der Waals surface area (Å²) in [6.07, 6.45) is 0. The molecule has 1 amide bonds. The third-order valence-electron chi connectivity index (χ3n) is 2.72. The average Bonchev–Trinajstić information content (AvgIpc) is 2.74. The summed E-state index contributed by atoms with van der Waals surface area (Å²) in [5, 5.41) is 5.81. The second kappa shape index (κ2) is 6.33. The van der Waals surface area contributed by atoms with Gasteiger partial charge >= 0.3 is 5.97 Å². The molecule has 6 nitrogen and oxygen atoms in total. The molecular formula is C14H12F2N2O4. The number of hydrogen-bond donors (Lipinski definition) is 1. The van der Waals surface area contributed by atoms with Crippen molar-refractivity contribution in [1.82, 2.24) is 5.16 Å². The number of carbonyl (C=O) groups excluding carboxylic acids is 2. The SMILES string of the molecule is Cc1noc(C)c1C(=O)OCC(=O)Nc1cc(F)cc(F)c1. The van der Waals surface area contributed by atoms with Crippen molar-refractivity contribution in [3.63, 3.8) is 0 Å². The number of nitrogens with one attached hydrogen (secondary N) is 1. The number of benzene rings is 1. The predicted octanol–water partition coefficient (Wildman–Crippen LogP) is 2.37. The van der Waals surface area contributed by atoms with Crippen LogP contribution in [0.1, 0.15) is 21.8 Å². The highest BCUT2D eigenvalue weighted by Gasteiger charge is 2.20. The van der Waals surface area contributed by atoms with Crippen LogP contribution in [0.25, 0.3) is 0 Å². The lowest BCUT2D eigenvalue weighted by Gasteiger charge is -2.06. The highest BCUT2D eigenvalue weighted by molar-refractivity contribution is 5.96. The van der Waals surface area contributed by atoms with Crippen LogP contribution in [0.3, 0.4) is 0 Å². The van der Waals surface area contributed by atoms with Gasteiger partial charge in [0.15, 0.2) is 6.61 Å². The number of rotatable bonds is 4. The fraction of sp³-hybridized carbons (Fsp3) is 0.214. The van der Waals surface area contributed by atoms with Gasteiger partial charge in [0, 0.05) is 11.8 Å². The molecule has 1 aromatic carbocycles. The molecule has 0 radical (unpaired) electrons. The van der Waals surface area contributed by atoms with Crippen LogP contribution in [0.5, 0.6) is 0 Å². The van der Waals surface area contributed by atoms with E-state index >= 15 is 0 Å². The van der Waals surface area contributed by atoms with E-state index in [4.69, 9.17) is 9.26 Å². The molecule has 116 valence electrons. The molecule has 1 N–H and O–H groups in total. The van der Waals surface area contributed by atoms with Gasteiger partial charge < -0.3 is 14.6 Å². The molecule has 0 aliphatic heterocycles. The third kappa shape index (κ3) is 3.66. The lowest BCUT2D eigenvalue weighted by Crippen LogP contribution is -2.21. The van der Waals surface area contributed by atoms with E-state index in [0.29, 0.717) is 11.8 Å². The number of halogens is 2. The standard InChI is InChI=1S/C14H12F2N2O4/c1-7-13(8(2)22-18-7)14(20)21-6-12(19)17-11-4-9(15)3-10(16)5-11/h3-5H,6H2,1-2H3,(H,17,19). The van der Waals surface area contributed by atoms with Crippen molar-refractivity contribution < 1.29 is 27.6 Å². The Morgan fingerprint density at radius 1 is 1.23 bits per heavy atom. The Labute approximate surface area is 124 Å². The lowest BCUT2D eigenvalue weighted by atomic mass is 10.2. The van der Waals surface area contributed by atoms with Crippen molar-refractivity contribution in [1.29, 1.82) is 0 Å². The number of hydrogen-bond acceptors (Lipinski definition) is 5. The maximum absolute atomic E-state index is 13.0. The Bertz CT molecular complexity index is 688. The normalized spacial score (nSPS) is 10.4. The van der Waals surface area contributed by atoms with Crippen molar-refractivity contribution in [2.24, 2.45) is 0 Å². The van der Waals surface area contributed by atoms with Crippen molar-refractivity contribution >= 4 is 17.6 Å². The summed E-state index contributed by atoms with van der Waals surface area (Å²) in [4.78, 5) is 23.4. The van der Waals surface area contributed by atoms with E-state index in [1.807, 2.05) is 0 Å². The Balaban J connectivity index is 1.94. The quantitative estimate of drug-likeness (QED) is 0.877. The van der Waals surface area contributed by atoms with Crippen LogP contribution in [-0.2, 0) is 9.53 Å². The molecule has 1 aromatic heterocycles. The zero-order valence-electron chi connectivity index (χ0n) is 11.8. The average molecular weight is 310 g/mol. The minimum Gasteiger partial charge on any atom is -0.452 e. The van der Waals surface area contributed by atoms with Crippen LogP contribution in [0.2, 0.25) is 0 Å². The van der Waals surface area contributed by atoms with Gasteiger partial charge in [-0.1, -0.05) is 5.16 Å². The van der Waals surface area contributed by atoms with Crippen molar-refractivity contribution in [3.8, 4) is 0 Å². The first-order valence-electron chi connectivity index (χ1n) is 6.22. The molecule has 2 aromatic rings. The third-order valence-corrected chi connectivity index (χ3v) is 2.72. The highest BCUT2D eigenvalue weighted by atomic mass is 19.1. The Hall–Kier alpha value is -2.77. The van der Waals surface area contributed by atoms with Gasteiger partial charge in [-0.05, 0) is 26.0 Å². The maximum atomic E-state index is 13.0. The molecule has 0 spiro atoms. The van der Waals surface area contributed by atoms with Crippen LogP contribution in [-0.4, -0.2) is 23.6 Å². The molecule has 1 heterocycles. The van der Waals surface area contributed by atoms with Crippen molar-refractivity contribution in [2.45, 2.75) is 13.8 Å². The topological polar surface area (TPSA) is 81.4 Å². The molecule has 0 aliphatic carbocycles. The summed E-state index contributed by atoms with van der Waals surface area (Å²) >= 11 is 0. The van der Waals surface area contributed by atoms with Gasteiger partial charge in [0.2, 0.25) is 0 Å². The second-order valence-corrected chi connectivity index (χ2v) is 4.48. The van der Waals surface area contributed by atoms with Gasteiger partial charge in [0.05, 0.1) is 5.69 Å². The van der Waals surface area contributed by atoms with Gasteiger partial charge in [-0.2, -0.15) is 0 Å². The van der Waals surface area contributed by atoms with Crippen LogP contribution in [0, 0.1) is 25.5 Å². The first-order valence-corrected chi connectivity index (χ1v) is 6.22. The van der Waals surface area contributed by atoms with Crippen LogP contribution in [0.4, 0.5) is 14.5 Å². The molecule has 0 unspecified atom stereocenters. The second-order valence-electron chi connectivity index (χ2n) is 4.48. The molecular weight excluding hydrogens is 298 g/mol. The molecule has 0 bridgehead atoms. The van der Waals surface area contributed by atoms with E-state index in [9.17, 15) is 18.4 Å². The minimum absolute atomic E-state index is 0.0733. The van der Waals surface area contributed by atoms with Gasteiger partial charge in [-0.15, -0.1) is 0 Å². The van der Waals surface area contributed by atoms with Gasteiger partial charge in [0.25, 0.3) is 5.91 Å². The van der Waals surface area contributed by atoms with Crippen LogP contribution < -0.4 is 5.32 Å². The van der Waals surface area contributed by atoms with E-state index in [0.717, 1.165) is 12.1 Å². The zero-order valence-corrected chi connectivity index (χ0v) is 11.8. The van der Waals surface area contributed by atoms with E-state index < -0.39 is 30.1 Å². The number of anilines is 1. The molecule has 22 heavy (non-hydrogen) atoms. The lowest BCUT2D eigenvalue weighted by molar-refractivity contribution is -0.119. The van der Waals surface area contributed by atoms with E-state index in [-0.39, 0.29) is 17.0 Å². The number of esters is 1. The smallest absolute Gasteiger partial charge is 0.344 e. The van der Waals surface area contributed by atoms with Crippen LogP contribution in [0.15, 0.2) is 22.7 Å². The summed E-state index contributed by atoms with van der Waals surface area (Å²) in [5.74, 6) is -2.89. The Morgan fingerprint density at radius 2 is 1.86 bits per heavy atom. The Kier molecular flexibility index (Phi) is 4.50. The number of ether oxygens (including phenoxy) is 1. The van der Waals surface area contributed by atoms with Gasteiger partial charge in [-0.25, -0.2) is 13.6 Å². The van der Waals surface area contributed by atoms with Crippen LogP contribution >= 0.6 is 0 Å². The zero-order chi connectivity index (χ0) is 16.3. The fourth-order valence-corrected chi connectivity index (χ4v) is 1.80. The van der Waals surface area contributed by atoms with Gasteiger partial charge in [0.1, 0.15) is 23.0 Å². The maximum Gasteiger partial charge on any atom is 0.344 e. The summed E-state index contributed by atoms with van der Waals surface area (Å²) in [6.45, 7) is 2.48. The summed E-state index contributed by atoms with van der Waals surface area (Å²) < 4.78 is 35.6. The van der Waals surface area contributed by atoms with E-state index in [2.05, 4.69) is 10.5 Å². The van der Waals surface area contributed by atoms with Gasteiger partial charge in [-0.3, -0.25) is 4.79 Å². The Morgan fingerprint density at radius 3 is 2.41 bits per heavy atom. The monoisotopic (exact) mass is 310 g/mol. The minimum atomic E-state index is -0.831. The van der Waals surface area contributed by atoms with Crippen molar-refractivity contribution in [3.05, 3.63) is 46.9 Å². The molecule has 0 saturated heterocycles. The summed E-state index contributed by atoms with van der Waals surface area (Å²) in [7, 11) is 0. The molecule has 0 saturated carbocycles. The fourth-order valence-electron chi connectivity index (χ4n) is 1.80. The number of amides is 1. The molecule has 0 fully saturated rings. The number of nitrogens with zero attached hydrogens (tertiary/aromatic N) is 1. The summed E-state index contributed by atoms with van der Waals surface area (Å²) in [5.41, 5.74) is 0.413. The highest BCUT2D eigenvalue weighted by Crippen LogP contribution is 2.14. The van der Waals surface area contributed by atoms with Crippen molar-refractivity contribution in [2.75, 3.05) is 11.9 Å². The first kappa shape index (κ1) is 15.6. The molecule has 0 aliphatic rings. The summed E-state index contributed by atoms with van der Waals surface area (Å²) in [6, 6.07) is 2.56. The largest absolute Gasteiger partial charge is 0.452 e. The van der Waals surface area contributed by atoms with E-state index in [1.165, 1.54) is 6.92 Å². The molecule has 8 heteroatoms. The molecule has 0 atom stereocenters. The number of carbonyl (C=O) groups is 2. The first-order chi connectivity index (χ1) is 10.4. The molecule has 2 rings (SSSR count). The predicted molar refractivity (Wildman–Crippen MR) is 71.2 cm³/mol.